The number of thioether (sulfide) groups is 1. The molecule has 0 aliphatic heterocycles. The van der Waals surface area contributed by atoms with Crippen molar-refractivity contribution >= 4 is 28.6 Å². The van der Waals surface area contributed by atoms with E-state index in [1.807, 2.05) is 42.4 Å². The molecule has 5 rings (SSSR count). The minimum atomic E-state index is 0.0635. The van der Waals surface area contributed by atoms with Crippen LogP contribution in [0, 0.1) is 0 Å². The second-order valence-electron chi connectivity index (χ2n) is 7.52. The topological polar surface area (TPSA) is 75.0 Å². The van der Waals surface area contributed by atoms with Crippen molar-refractivity contribution in [3.8, 4) is 11.5 Å². The zero-order chi connectivity index (χ0) is 20.5. The third-order valence-electron chi connectivity index (χ3n) is 5.74. The van der Waals surface area contributed by atoms with Crippen LogP contribution in [0.5, 0.6) is 0 Å². The minimum Gasteiger partial charge on any atom is -0.411 e. The van der Waals surface area contributed by atoms with Crippen LogP contribution in [0.1, 0.15) is 30.0 Å². The van der Waals surface area contributed by atoms with E-state index in [-0.39, 0.29) is 17.7 Å². The zero-order valence-corrected chi connectivity index (χ0v) is 17.5. The molecule has 2 aromatic carbocycles. The van der Waals surface area contributed by atoms with Gasteiger partial charge in [-0.25, -0.2) is 0 Å². The number of hydrogen-bond acceptors (Lipinski definition) is 5. The molecule has 1 aliphatic rings. The smallest absolute Gasteiger partial charge is 0.277 e. The van der Waals surface area contributed by atoms with E-state index in [0.717, 1.165) is 35.7 Å². The first-order valence-corrected chi connectivity index (χ1v) is 11.1. The lowest BCUT2D eigenvalue weighted by molar-refractivity contribution is -0.129. The molecular weight excluding hydrogens is 396 g/mol. The van der Waals surface area contributed by atoms with Crippen molar-refractivity contribution in [2.45, 2.75) is 30.5 Å². The number of nitrogens with zero attached hydrogens (tertiary/aromatic N) is 3. The van der Waals surface area contributed by atoms with Gasteiger partial charge in [0.25, 0.3) is 11.1 Å². The maximum atomic E-state index is 12.8. The van der Waals surface area contributed by atoms with E-state index in [0.29, 0.717) is 11.1 Å². The van der Waals surface area contributed by atoms with Crippen molar-refractivity contribution in [3.05, 3.63) is 65.9 Å². The highest BCUT2D eigenvalue weighted by Gasteiger charge is 2.26. The van der Waals surface area contributed by atoms with Gasteiger partial charge in [-0.2, -0.15) is 0 Å². The summed E-state index contributed by atoms with van der Waals surface area (Å²) in [6, 6.07) is 16.5. The molecule has 0 spiro atoms. The number of carbonyl (C=O) groups excluding carboxylic acids is 1. The number of carbonyl (C=O) groups is 1. The zero-order valence-electron chi connectivity index (χ0n) is 16.7. The Morgan fingerprint density at radius 1 is 1.20 bits per heavy atom. The highest BCUT2D eigenvalue weighted by Crippen LogP contribution is 2.34. The molecule has 1 unspecified atom stereocenters. The Morgan fingerprint density at radius 2 is 2.03 bits per heavy atom. The van der Waals surface area contributed by atoms with E-state index in [1.165, 1.54) is 22.9 Å². The van der Waals surface area contributed by atoms with Gasteiger partial charge in [-0.05, 0) is 36.5 Å². The molecule has 1 aliphatic carbocycles. The number of benzene rings is 2. The van der Waals surface area contributed by atoms with Crippen molar-refractivity contribution in [2.24, 2.45) is 0 Å². The third kappa shape index (κ3) is 3.50. The van der Waals surface area contributed by atoms with Gasteiger partial charge in [0.1, 0.15) is 0 Å². The van der Waals surface area contributed by atoms with E-state index >= 15 is 0 Å². The summed E-state index contributed by atoms with van der Waals surface area (Å²) in [5.74, 6) is 0.788. The number of hydrogen-bond donors (Lipinski definition) is 1. The SMILES string of the molecule is CN(C(=O)CSc1nnc(-c2c[nH]c3ccccc23)o1)C1CCCc2ccccc21. The molecule has 4 aromatic rings. The van der Waals surface area contributed by atoms with Crippen LogP contribution in [-0.4, -0.2) is 38.8 Å². The van der Waals surface area contributed by atoms with Gasteiger partial charge in [-0.1, -0.05) is 54.2 Å². The number of aromatic nitrogens is 3. The van der Waals surface area contributed by atoms with Gasteiger partial charge in [0.2, 0.25) is 5.91 Å². The molecule has 0 saturated heterocycles. The van der Waals surface area contributed by atoms with Crippen molar-refractivity contribution < 1.29 is 9.21 Å². The molecule has 30 heavy (non-hydrogen) atoms. The summed E-state index contributed by atoms with van der Waals surface area (Å²) < 4.78 is 5.82. The number of rotatable bonds is 5. The fraction of sp³-hybridized carbons (Fsp3) is 0.261. The number of nitrogens with one attached hydrogen (secondary N) is 1. The average Bonchev–Trinajstić information content (AvgIpc) is 3.43. The Balaban J connectivity index is 1.26. The average molecular weight is 419 g/mol. The lowest BCUT2D eigenvalue weighted by Crippen LogP contribution is -2.34. The lowest BCUT2D eigenvalue weighted by atomic mass is 9.87. The molecule has 1 atom stereocenters. The second-order valence-corrected chi connectivity index (χ2v) is 8.45. The monoisotopic (exact) mass is 418 g/mol. The molecule has 1 amide bonds. The normalized spacial score (nSPS) is 15.8. The maximum absolute atomic E-state index is 12.8. The highest BCUT2D eigenvalue weighted by atomic mass is 32.2. The van der Waals surface area contributed by atoms with Gasteiger partial charge in [0.05, 0.1) is 17.4 Å². The van der Waals surface area contributed by atoms with Crippen molar-refractivity contribution in [1.29, 1.82) is 0 Å². The van der Waals surface area contributed by atoms with E-state index in [4.69, 9.17) is 4.42 Å². The first kappa shape index (κ1) is 18.9. The molecule has 0 bridgehead atoms. The van der Waals surface area contributed by atoms with Crippen LogP contribution in [-0.2, 0) is 11.2 Å². The molecule has 0 radical (unpaired) electrons. The number of amides is 1. The maximum Gasteiger partial charge on any atom is 0.277 e. The predicted molar refractivity (Wildman–Crippen MR) is 117 cm³/mol. The molecule has 7 heteroatoms. The first-order chi connectivity index (χ1) is 14.7. The van der Waals surface area contributed by atoms with E-state index < -0.39 is 0 Å². The Morgan fingerprint density at radius 3 is 2.97 bits per heavy atom. The summed E-state index contributed by atoms with van der Waals surface area (Å²) in [6.07, 6.45) is 5.05. The van der Waals surface area contributed by atoms with Gasteiger partial charge < -0.3 is 14.3 Å². The third-order valence-corrected chi connectivity index (χ3v) is 6.55. The molecule has 1 N–H and O–H groups in total. The van der Waals surface area contributed by atoms with Crippen molar-refractivity contribution in [3.63, 3.8) is 0 Å². The van der Waals surface area contributed by atoms with E-state index in [1.54, 1.807) is 0 Å². The van der Waals surface area contributed by atoms with Crippen LogP contribution in [0.4, 0.5) is 0 Å². The summed E-state index contributed by atoms with van der Waals surface area (Å²) in [4.78, 5) is 17.9. The summed E-state index contributed by atoms with van der Waals surface area (Å²) in [6.45, 7) is 0. The van der Waals surface area contributed by atoms with E-state index in [9.17, 15) is 4.79 Å². The summed E-state index contributed by atoms with van der Waals surface area (Å²) in [5.41, 5.74) is 4.50. The largest absolute Gasteiger partial charge is 0.411 e. The van der Waals surface area contributed by atoms with Crippen LogP contribution in [0.3, 0.4) is 0 Å². The highest BCUT2D eigenvalue weighted by molar-refractivity contribution is 7.99. The van der Waals surface area contributed by atoms with Crippen LogP contribution >= 0.6 is 11.8 Å². The number of fused-ring (bicyclic) bond motifs is 2. The van der Waals surface area contributed by atoms with Gasteiger partial charge in [-0.3, -0.25) is 4.79 Å². The van der Waals surface area contributed by atoms with Gasteiger partial charge in [0, 0.05) is 24.1 Å². The van der Waals surface area contributed by atoms with Gasteiger partial charge >= 0.3 is 0 Å². The Kier molecular flexibility index (Phi) is 5.04. The summed E-state index contributed by atoms with van der Waals surface area (Å²) in [5, 5.41) is 9.72. The Hall–Kier alpha value is -3.06. The Labute approximate surface area is 178 Å². The molecule has 2 heterocycles. The standard InChI is InChI=1S/C23H22N4O2S/c1-27(20-12-6-8-15-7-2-3-9-16(15)20)21(28)14-30-23-26-25-22(29-23)18-13-24-19-11-5-4-10-17(18)19/h2-5,7,9-11,13,20,24H,6,8,12,14H2,1H3. The fourth-order valence-electron chi connectivity index (χ4n) is 4.16. The molecular formula is C23H22N4O2S. The van der Waals surface area contributed by atoms with Crippen LogP contribution < -0.4 is 0 Å². The van der Waals surface area contributed by atoms with Crippen molar-refractivity contribution in [2.75, 3.05) is 12.8 Å². The summed E-state index contributed by atoms with van der Waals surface area (Å²) in [7, 11) is 1.89. The summed E-state index contributed by atoms with van der Waals surface area (Å²) >= 11 is 1.28. The minimum absolute atomic E-state index is 0.0635. The molecule has 0 saturated carbocycles. The quantitative estimate of drug-likeness (QED) is 0.469. The van der Waals surface area contributed by atoms with Crippen LogP contribution in [0.2, 0.25) is 0 Å². The number of aromatic amines is 1. The fourth-order valence-corrected chi connectivity index (χ4v) is 4.84. The van der Waals surface area contributed by atoms with Crippen LogP contribution in [0.15, 0.2) is 64.4 Å². The van der Waals surface area contributed by atoms with Crippen molar-refractivity contribution in [1.82, 2.24) is 20.1 Å². The molecule has 2 aromatic heterocycles. The second kappa shape index (κ2) is 7.99. The molecule has 6 nitrogen and oxygen atoms in total. The number of para-hydroxylation sites is 1. The Bertz CT molecular complexity index is 1200. The first-order valence-electron chi connectivity index (χ1n) is 10.1. The lowest BCUT2D eigenvalue weighted by Gasteiger charge is -2.33. The molecule has 152 valence electrons. The van der Waals surface area contributed by atoms with Crippen LogP contribution in [0.25, 0.3) is 22.4 Å². The number of H-pyrrole nitrogens is 1. The predicted octanol–water partition coefficient (Wildman–Crippen LogP) is 4.85. The van der Waals surface area contributed by atoms with E-state index in [2.05, 4.69) is 39.4 Å². The van der Waals surface area contributed by atoms with Gasteiger partial charge in [0.15, 0.2) is 0 Å². The van der Waals surface area contributed by atoms with Gasteiger partial charge in [-0.15, -0.1) is 10.2 Å². The number of aryl methyl sites for hydroxylation is 1. The molecule has 0 fully saturated rings.